The Morgan fingerprint density at radius 3 is 2.81 bits per heavy atom. The largest absolute Gasteiger partial charge is 0.464 e. The molecule has 0 aliphatic rings. The number of carbonyl (C=O) groups is 1. The second-order valence-electron chi connectivity index (χ2n) is 4.97. The molecule has 0 spiro atoms. The minimum Gasteiger partial charge on any atom is -0.464 e. The van der Waals surface area contributed by atoms with E-state index in [0.717, 1.165) is 0 Å². The standard InChI is InChI=1S/C18H23N3O5/c1-6-25-16(22)8-7-14(11-19-4)12(2)13(3)26-18-20-10-9-15(21-18)17(23)24-5/h7-11,16,22H,4,6H2,1-3,5H3/b8-7+,13-12+,14-11-/t16-/m0/s1. The van der Waals surface area contributed by atoms with Crippen molar-refractivity contribution in [2.45, 2.75) is 27.1 Å². The number of nitrogens with zero attached hydrogens (tertiary/aromatic N) is 3. The number of aromatic nitrogens is 2. The number of aliphatic hydroxyl groups is 1. The van der Waals surface area contributed by atoms with Crippen LogP contribution in [0.4, 0.5) is 0 Å². The van der Waals surface area contributed by atoms with Crippen LogP contribution in [-0.4, -0.2) is 47.8 Å². The van der Waals surface area contributed by atoms with Gasteiger partial charge in [-0.05, 0) is 50.8 Å². The quantitative estimate of drug-likeness (QED) is 0.237. The van der Waals surface area contributed by atoms with E-state index in [4.69, 9.17) is 9.47 Å². The van der Waals surface area contributed by atoms with E-state index >= 15 is 0 Å². The molecule has 0 saturated carbocycles. The normalized spacial score (nSPS) is 14.0. The zero-order valence-corrected chi connectivity index (χ0v) is 15.3. The van der Waals surface area contributed by atoms with Gasteiger partial charge in [0.1, 0.15) is 5.76 Å². The Hall–Kier alpha value is -2.84. The minimum atomic E-state index is -1.03. The number of allylic oxidation sites excluding steroid dienone is 4. The minimum absolute atomic E-state index is 0.00833. The molecule has 0 aromatic carbocycles. The third-order valence-electron chi connectivity index (χ3n) is 3.24. The van der Waals surface area contributed by atoms with E-state index in [1.54, 1.807) is 26.8 Å². The summed E-state index contributed by atoms with van der Waals surface area (Å²) in [4.78, 5) is 23.2. The first-order chi connectivity index (χ1) is 12.4. The van der Waals surface area contributed by atoms with Gasteiger partial charge in [0.15, 0.2) is 12.0 Å². The first-order valence-electron chi connectivity index (χ1n) is 7.83. The number of methoxy groups -OCH3 is 1. The third kappa shape index (κ3) is 6.58. The maximum absolute atomic E-state index is 11.5. The van der Waals surface area contributed by atoms with Crippen LogP contribution in [0.1, 0.15) is 31.3 Å². The van der Waals surface area contributed by atoms with E-state index in [0.29, 0.717) is 23.5 Å². The summed E-state index contributed by atoms with van der Waals surface area (Å²) in [6.07, 6.45) is 5.01. The molecule has 1 heterocycles. The number of hydrogen-bond donors (Lipinski definition) is 1. The summed E-state index contributed by atoms with van der Waals surface area (Å²) in [7, 11) is 1.27. The monoisotopic (exact) mass is 361 g/mol. The molecule has 1 N–H and O–H groups in total. The lowest BCUT2D eigenvalue weighted by atomic mass is 10.1. The molecule has 140 valence electrons. The molecule has 0 amide bonds. The van der Waals surface area contributed by atoms with Crippen LogP contribution in [0.2, 0.25) is 0 Å². The van der Waals surface area contributed by atoms with Gasteiger partial charge in [0, 0.05) is 19.0 Å². The second-order valence-corrected chi connectivity index (χ2v) is 4.97. The van der Waals surface area contributed by atoms with E-state index in [1.165, 1.54) is 31.6 Å². The lowest BCUT2D eigenvalue weighted by Gasteiger charge is -2.10. The molecule has 8 nitrogen and oxygen atoms in total. The first-order valence-corrected chi connectivity index (χ1v) is 7.83. The van der Waals surface area contributed by atoms with Crippen LogP contribution in [0, 0.1) is 0 Å². The highest BCUT2D eigenvalue weighted by molar-refractivity contribution is 5.86. The van der Waals surface area contributed by atoms with E-state index in [1.807, 2.05) is 0 Å². The van der Waals surface area contributed by atoms with Gasteiger partial charge in [-0.1, -0.05) is 6.08 Å². The fourth-order valence-electron chi connectivity index (χ4n) is 1.80. The van der Waals surface area contributed by atoms with Crippen LogP contribution in [0.15, 0.2) is 52.5 Å². The average molecular weight is 361 g/mol. The van der Waals surface area contributed by atoms with Crippen molar-refractivity contribution in [3.05, 3.63) is 53.2 Å². The molecular formula is C18H23N3O5. The molecule has 1 rings (SSSR count). The van der Waals surface area contributed by atoms with Crippen LogP contribution in [0.3, 0.4) is 0 Å². The summed E-state index contributed by atoms with van der Waals surface area (Å²) in [5.74, 6) is -0.0997. The Morgan fingerprint density at radius 1 is 1.46 bits per heavy atom. The molecule has 0 fully saturated rings. The Balaban J connectivity index is 3.03. The molecule has 1 atom stereocenters. The maximum atomic E-state index is 11.5. The molecule has 0 aliphatic carbocycles. The second kappa shape index (κ2) is 10.9. The predicted molar refractivity (Wildman–Crippen MR) is 96.8 cm³/mol. The van der Waals surface area contributed by atoms with Gasteiger partial charge in [0.2, 0.25) is 0 Å². The Kier molecular flexibility index (Phi) is 8.90. The van der Waals surface area contributed by atoms with E-state index in [9.17, 15) is 9.90 Å². The smallest absolute Gasteiger partial charge is 0.356 e. The Morgan fingerprint density at radius 2 is 2.19 bits per heavy atom. The van der Waals surface area contributed by atoms with Gasteiger partial charge in [0.25, 0.3) is 0 Å². The highest BCUT2D eigenvalue weighted by atomic mass is 16.6. The number of aliphatic imine (C=N–C) groups is 1. The molecule has 0 saturated heterocycles. The van der Waals surface area contributed by atoms with Gasteiger partial charge in [-0.2, -0.15) is 4.98 Å². The number of ether oxygens (including phenoxy) is 3. The molecular weight excluding hydrogens is 338 g/mol. The summed E-state index contributed by atoms with van der Waals surface area (Å²) in [6.45, 7) is 9.12. The van der Waals surface area contributed by atoms with Crippen molar-refractivity contribution in [1.82, 2.24) is 9.97 Å². The molecule has 26 heavy (non-hydrogen) atoms. The van der Waals surface area contributed by atoms with E-state index in [-0.39, 0.29) is 11.7 Å². The van der Waals surface area contributed by atoms with Crippen molar-refractivity contribution >= 4 is 12.7 Å². The average Bonchev–Trinajstić information content (AvgIpc) is 2.64. The summed E-state index contributed by atoms with van der Waals surface area (Å²) in [5.41, 5.74) is 1.45. The number of esters is 1. The Bertz CT molecular complexity index is 725. The molecule has 1 aromatic heterocycles. The molecule has 0 aliphatic heterocycles. The first kappa shape index (κ1) is 21.2. The number of carbonyl (C=O) groups excluding carboxylic acids is 1. The van der Waals surface area contributed by atoms with Gasteiger partial charge in [-0.15, -0.1) is 0 Å². The van der Waals surface area contributed by atoms with Crippen molar-refractivity contribution in [3.63, 3.8) is 0 Å². The Labute approximate surface area is 152 Å². The molecule has 0 unspecified atom stereocenters. The van der Waals surface area contributed by atoms with Crippen molar-refractivity contribution < 1.29 is 24.1 Å². The molecule has 0 radical (unpaired) electrons. The van der Waals surface area contributed by atoms with Crippen molar-refractivity contribution in [2.24, 2.45) is 4.99 Å². The lowest BCUT2D eigenvalue weighted by molar-refractivity contribution is -0.0587. The van der Waals surface area contributed by atoms with E-state index in [2.05, 4.69) is 26.4 Å². The van der Waals surface area contributed by atoms with Gasteiger partial charge >= 0.3 is 12.0 Å². The highest BCUT2D eigenvalue weighted by Gasteiger charge is 2.11. The molecule has 8 heteroatoms. The highest BCUT2D eigenvalue weighted by Crippen LogP contribution is 2.19. The zero-order chi connectivity index (χ0) is 19.5. The summed E-state index contributed by atoms with van der Waals surface area (Å²) in [6, 6.07) is 1.43. The van der Waals surface area contributed by atoms with Crippen LogP contribution in [-0.2, 0) is 9.47 Å². The SMILES string of the molecule is C=N/C=C(/C=C/[C@@H](O)OCC)C(\C)=C(/C)Oc1nccc(C(=O)OC)n1. The fourth-order valence-corrected chi connectivity index (χ4v) is 1.80. The summed E-state index contributed by atoms with van der Waals surface area (Å²) < 4.78 is 15.3. The fraction of sp³-hybridized carbons (Fsp3) is 0.333. The number of rotatable bonds is 9. The van der Waals surface area contributed by atoms with Crippen LogP contribution in [0.5, 0.6) is 6.01 Å². The van der Waals surface area contributed by atoms with E-state index < -0.39 is 12.3 Å². The topological polar surface area (TPSA) is 103 Å². The third-order valence-corrected chi connectivity index (χ3v) is 3.24. The van der Waals surface area contributed by atoms with Crippen molar-refractivity contribution in [2.75, 3.05) is 13.7 Å². The van der Waals surface area contributed by atoms with Gasteiger partial charge in [-0.3, -0.25) is 4.99 Å². The molecule has 1 aromatic rings. The molecule has 0 bridgehead atoms. The lowest BCUT2D eigenvalue weighted by Crippen LogP contribution is -2.08. The van der Waals surface area contributed by atoms with Crippen molar-refractivity contribution in [3.8, 4) is 6.01 Å². The maximum Gasteiger partial charge on any atom is 0.356 e. The summed E-state index contributed by atoms with van der Waals surface area (Å²) >= 11 is 0. The predicted octanol–water partition coefficient (Wildman–Crippen LogP) is 2.43. The van der Waals surface area contributed by atoms with Crippen molar-refractivity contribution in [1.29, 1.82) is 0 Å². The van der Waals surface area contributed by atoms with Gasteiger partial charge < -0.3 is 19.3 Å². The zero-order valence-electron chi connectivity index (χ0n) is 15.3. The van der Waals surface area contributed by atoms with Crippen LogP contribution >= 0.6 is 0 Å². The van der Waals surface area contributed by atoms with Crippen LogP contribution < -0.4 is 4.74 Å². The summed E-state index contributed by atoms with van der Waals surface area (Å²) in [5, 5.41) is 9.63. The van der Waals surface area contributed by atoms with Crippen LogP contribution in [0.25, 0.3) is 0 Å². The van der Waals surface area contributed by atoms with Gasteiger partial charge in [0.05, 0.1) is 7.11 Å². The number of aliphatic hydroxyl groups excluding tert-OH is 1. The number of hydrogen-bond acceptors (Lipinski definition) is 8. The van der Waals surface area contributed by atoms with Gasteiger partial charge in [-0.25, -0.2) is 9.78 Å².